The van der Waals surface area contributed by atoms with E-state index in [0.717, 1.165) is 0 Å². The molecular formula is C25H23Br2NO9S. The molecule has 0 aromatic heterocycles. The Bertz CT molecular complexity index is 1300. The second-order valence-electron chi connectivity index (χ2n) is 7.59. The van der Waals surface area contributed by atoms with Gasteiger partial charge in [-0.05, 0) is 55.6 Å². The van der Waals surface area contributed by atoms with Crippen molar-refractivity contribution in [3.05, 3.63) is 56.5 Å². The number of nitrogens with one attached hydrogen (secondary N) is 1. The summed E-state index contributed by atoms with van der Waals surface area (Å²) in [5, 5.41) is 3.37. The first-order chi connectivity index (χ1) is 18.2. The quantitative estimate of drug-likeness (QED) is 0.213. The molecule has 3 unspecified atom stereocenters. The molecule has 0 spiro atoms. The van der Waals surface area contributed by atoms with E-state index in [9.17, 15) is 24.0 Å². The zero-order chi connectivity index (χ0) is 27.8. The molecule has 202 valence electrons. The molecule has 1 N–H and O–H groups in total. The molecule has 0 radical (unpaired) electrons. The Morgan fingerprint density at radius 2 is 1.42 bits per heavy atom. The van der Waals surface area contributed by atoms with Crippen LogP contribution in [0.15, 0.2) is 45.3 Å². The van der Waals surface area contributed by atoms with Gasteiger partial charge in [-0.1, -0.05) is 42.3 Å². The standard InChI is InChI=1S/C25H23Br2NO9S/c1-3-34-23(31)21(36-18-7-5-16(26)9-14(18)11-29)22(24(32)35-4-2)37-19-8-6-17(27)10-15(19)12-38-13-20(30)28-25(38)33/h5-12,21-22H,3-4,13H2,1-2H3,(H,28,30,33). The second-order valence-corrected chi connectivity index (χ2v) is 11.2. The van der Waals surface area contributed by atoms with E-state index in [1.54, 1.807) is 37.4 Å². The van der Waals surface area contributed by atoms with Crippen LogP contribution in [0.5, 0.6) is 11.5 Å². The first-order valence-corrected chi connectivity index (χ1v) is 14.3. The number of halogens is 2. The summed E-state index contributed by atoms with van der Waals surface area (Å²) in [6.45, 7) is 3.14. The van der Waals surface area contributed by atoms with Crippen LogP contribution in [0.3, 0.4) is 0 Å². The van der Waals surface area contributed by atoms with Gasteiger partial charge < -0.3 is 18.9 Å². The van der Waals surface area contributed by atoms with Gasteiger partial charge in [0, 0.05) is 14.5 Å². The molecule has 1 saturated heterocycles. The predicted molar refractivity (Wildman–Crippen MR) is 147 cm³/mol. The summed E-state index contributed by atoms with van der Waals surface area (Å²) in [4.78, 5) is 61.6. The topological polar surface area (TPSA) is 134 Å². The van der Waals surface area contributed by atoms with E-state index < -0.39 is 45.8 Å². The van der Waals surface area contributed by atoms with Crippen LogP contribution in [0.2, 0.25) is 0 Å². The molecule has 3 atom stereocenters. The van der Waals surface area contributed by atoms with Gasteiger partial charge in [0.05, 0.1) is 24.5 Å². The summed E-state index contributed by atoms with van der Waals surface area (Å²) in [5.41, 5.74) is 0.508. The Balaban J connectivity index is 2.07. The fraction of sp³-hybridized carbons (Fsp3) is 0.280. The number of rotatable bonds is 11. The van der Waals surface area contributed by atoms with Gasteiger partial charge >= 0.3 is 11.9 Å². The van der Waals surface area contributed by atoms with Crippen molar-refractivity contribution in [1.82, 2.24) is 5.32 Å². The minimum absolute atomic E-state index is 0.0152. The van der Waals surface area contributed by atoms with Crippen molar-refractivity contribution in [3.63, 3.8) is 0 Å². The number of esters is 2. The lowest BCUT2D eigenvalue weighted by Crippen LogP contribution is -2.49. The van der Waals surface area contributed by atoms with E-state index in [4.69, 9.17) is 18.9 Å². The third-order valence-electron chi connectivity index (χ3n) is 4.93. The van der Waals surface area contributed by atoms with Crippen LogP contribution in [0.4, 0.5) is 4.79 Å². The van der Waals surface area contributed by atoms with E-state index in [2.05, 4.69) is 37.2 Å². The third kappa shape index (κ3) is 7.51. The number of aldehydes is 1. The van der Waals surface area contributed by atoms with Crippen LogP contribution in [0.25, 0.3) is 0 Å². The van der Waals surface area contributed by atoms with Gasteiger partial charge in [0.25, 0.3) is 5.24 Å². The fourth-order valence-corrected chi connectivity index (χ4v) is 5.47. The number of imide groups is 1. The van der Waals surface area contributed by atoms with Crippen molar-refractivity contribution >= 4 is 77.1 Å². The molecule has 0 bridgehead atoms. The highest BCUT2D eigenvalue weighted by molar-refractivity contribution is 9.10. The average molecular weight is 673 g/mol. The summed E-state index contributed by atoms with van der Waals surface area (Å²) < 4.78 is 23.4. The largest absolute Gasteiger partial charge is 0.473 e. The summed E-state index contributed by atoms with van der Waals surface area (Å²) in [5.74, 6) is -2.11. The third-order valence-corrected chi connectivity index (χ3v) is 7.60. The highest BCUT2D eigenvalue weighted by atomic mass is 79.9. The predicted octanol–water partition coefficient (Wildman–Crippen LogP) is 4.01. The highest BCUT2D eigenvalue weighted by Gasteiger charge is 2.41. The average Bonchev–Trinajstić information content (AvgIpc) is 3.19. The number of amides is 2. The molecule has 2 aromatic carbocycles. The molecule has 13 heteroatoms. The molecule has 2 amide bonds. The zero-order valence-corrected chi connectivity index (χ0v) is 24.2. The van der Waals surface area contributed by atoms with Crippen molar-refractivity contribution in [2.45, 2.75) is 26.1 Å². The van der Waals surface area contributed by atoms with Gasteiger partial charge in [-0.25, -0.2) is 9.59 Å². The number of carbonyl (C=O) groups excluding carboxylic acids is 5. The molecule has 1 fully saturated rings. The van der Waals surface area contributed by atoms with E-state index >= 15 is 0 Å². The number of hydrogen-bond acceptors (Lipinski definition) is 9. The summed E-state index contributed by atoms with van der Waals surface area (Å²) in [6.07, 6.45) is -2.78. The zero-order valence-electron chi connectivity index (χ0n) is 20.2. The lowest BCUT2D eigenvalue weighted by atomic mass is 10.1. The molecule has 10 nitrogen and oxygen atoms in total. The smallest absolute Gasteiger partial charge is 0.351 e. The Morgan fingerprint density at radius 3 is 1.87 bits per heavy atom. The number of hydrogen-bond donors (Lipinski definition) is 1. The Hall–Kier alpha value is -3.03. The molecule has 2 aromatic rings. The summed E-state index contributed by atoms with van der Waals surface area (Å²) in [6, 6.07) is 9.35. The van der Waals surface area contributed by atoms with Gasteiger partial charge in [-0.15, -0.1) is 0 Å². The SMILES string of the molecule is CCOC(=O)C(Oc1ccc(Br)cc1C=O)C(Oc1ccc(Br)cc1/C=S1\CC(=O)NC1=O)C(=O)OCC. The monoisotopic (exact) mass is 671 g/mol. The minimum atomic E-state index is -1.66. The second kappa shape index (κ2) is 13.7. The van der Waals surface area contributed by atoms with E-state index in [0.29, 0.717) is 20.8 Å². The Morgan fingerprint density at radius 1 is 0.921 bits per heavy atom. The van der Waals surface area contributed by atoms with Gasteiger partial charge in [0.2, 0.25) is 18.1 Å². The lowest BCUT2D eigenvalue weighted by Gasteiger charge is -2.26. The molecule has 38 heavy (non-hydrogen) atoms. The first kappa shape index (κ1) is 29.5. The lowest BCUT2D eigenvalue weighted by molar-refractivity contribution is -0.168. The normalized spacial score (nSPS) is 16.4. The summed E-state index contributed by atoms with van der Waals surface area (Å²) >= 11 is 6.63. The number of benzene rings is 2. The molecule has 1 aliphatic heterocycles. The number of ether oxygens (including phenoxy) is 4. The van der Waals surface area contributed by atoms with Crippen LogP contribution < -0.4 is 14.8 Å². The Labute approximate surface area is 237 Å². The van der Waals surface area contributed by atoms with Crippen molar-refractivity contribution < 1.29 is 42.9 Å². The van der Waals surface area contributed by atoms with Gasteiger partial charge in [-0.3, -0.25) is 19.7 Å². The van der Waals surface area contributed by atoms with Crippen molar-refractivity contribution in [2.24, 2.45) is 0 Å². The first-order valence-electron chi connectivity index (χ1n) is 11.3. The van der Waals surface area contributed by atoms with Crippen molar-refractivity contribution in [3.8, 4) is 11.5 Å². The van der Waals surface area contributed by atoms with Crippen LogP contribution in [0, 0.1) is 0 Å². The van der Waals surface area contributed by atoms with Gasteiger partial charge in [0.15, 0.2) is 6.29 Å². The molecule has 0 aliphatic carbocycles. The van der Waals surface area contributed by atoms with E-state index in [1.807, 2.05) is 0 Å². The summed E-state index contributed by atoms with van der Waals surface area (Å²) in [7, 11) is -1.07. The van der Waals surface area contributed by atoms with Crippen LogP contribution in [0.1, 0.15) is 29.8 Å². The molecule has 1 heterocycles. The van der Waals surface area contributed by atoms with Crippen LogP contribution in [-0.2, 0) is 23.9 Å². The molecule has 3 rings (SSSR count). The van der Waals surface area contributed by atoms with Crippen molar-refractivity contribution in [2.75, 3.05) is 19.0 Å². The number of carbonyl (C=O) groups is 5. The highest BCUT2D eigenvalue weighted by Crippen LogP contribution is 2.30. The molecular weight excluding hydrogens is 650 g/mol. The molecule has 0 saturated carbocycles. The maximum absolute atomic E-state index is 13.1. The van der Waals surface area contributed by atoms with Crippen molar-refractivity contribution in [1.29, 1.82) is 0 Å². The minimum Gasteiger partial charge on any atom is -0.473 e. The van der Waals surface area contributed by atoms with E-state index in [1.165, 1.54) is 18.2 Å². The Kier molecular flexibility index (Phi) is 10.6. The van der Waals surface area contributed by atoms with Gasteiger partial charge in [-0.2, -0.15) is 0 Å². The fourth-order valence-electron chi connectivity index (χ4n) is 3.30. The van der Waals surface area contributed by atoms with Crippen LogP contribution >= 0.6 is 42.3 Å². The van der Waals surface area contributed by atoms with E-state index in [-0.39, 0.29) is 36.0 Å². The van der Waals surface area contributed by atoms with Crippen LogP contribution in [-0.4, -0.2) is 65.9 Å². The van der Waals surface area contributed by atoms with Gasteiger partial charge in [0.1, 0.15) is 11.5 Å². The molecule has 1 aliphatic rings. The maximum atomic E-state index is 13.1. The maximum Gasteiger partial charge on any atom is 0.351 e.